The Morgan fingerprint density at radius 2 is 2.27 bits per heavy atom. The summed E-state index contributed by atoms with van der Waals surface area (Å²) in [4.78, 5) is 21.2. The summed E-state index contributed by atoms with van der Waals surface area (Å²) >= 11 is 1.41. The molecule has 0 aromatic heterocycles. The SMILES string of the molecule is CC1SCC(=O)C1C(=O)O.[Y]. The maximum atomic E-state index is 10.8. The van der Waals surface area contributed by atoms with Crippen LogP contribution < -0.4 is 0 Å². The average Bonchev–Trinajstić information content (AvgIpc) is 2.11. The van der Waals surface area contributed by atoms with Crippen LogP contribution in [0.5, 0.6) is 0 Å². The fourth-order valence-electron chi connectivity index (χ4n) is 1.000. The van der Waals surface area contributed by atoms with Crippen LogP contribution >= 0.6 is 11.8 Å². The third-order valence-corrected chi connectivity index (χ3v) is 2.82. The Bertz CT molecular complexity index is 183. The maximum absolute atomic E-state index is 10.8. The van der Waals surface area contributed by atoms with E-state index in [1.807, 2.05) is 0 Å². The molecule has 1 saturated heterocycles. The summed E-state index contributed by atoms with van der Waals surface area (Å²) in [6.07, 6.45) is 0. The van der Waals surface area contributed by atoms with Crippen molar-refractivity contribution in [3.05, 3.63) is 0 Å². The number of rotatable bonds is 1. The largest absolute Gasteiger partial charge is 0.481 e. The van der Waals surface area contributed by atoms with Gasteiger partial charge in [-0.15, -0.1) is 11.8 Å². The van der Waals surface area contributed by atoms with Crippen LogP contribution in [0.1, 0.15) is 6.92 Å². The van der Waals surface area contributed by atoms with Gasteiger partial charge in [0.25, 0.3) is 0 Å². The van der Waals surface area contributed by atoms with Gasteiger partial charge in [-0.2, -0.15) is 0 Å². The van der Waals surface area contributed by atoms with Gasteiger partial charge in [0.1, 0.15) is 5.92 Å². The number of ketones is 1. The van der Waals surface area contributed by atoms with Crippen molar-refractivity contribution in [1.82, 2.24) is 0 Å². The molecule has 2 atom stereocenters. The standard InChI is InChI=1S/C6H8O3S.Y/c1-3-5(6(8)9)4(7)2-10-3;/h3,5H,2H2,1H3,(H,8,9);. The number of carbonyl (C=O) groups excluding carboxylic acids is 1. The van der Waals surface area contributed by atoms with Crippen molar-refractivity contribution in [2.45, 2.75) is 12.2 Å². The molecule has 59 valence electrons. The van der Waals surface area contributed by atoms with Crippen molar-refractivity contribution < 1.29 is 47.4 Å². The van der Waals surface area contributed by atoms with Crippen LogP contribution in [-0.4, -0.2) is 27.9 Å². The van der Waals surface area contributed by atoms with Crippen LogP contribution in [0.25, 0.3) is 0 Å². The quantitative estimate of drug-likeness (QED) is 0.683. The van der Waals surface area contributed by atoms with E-state index in [9.17, 15) is 9.59 Å². The molecule has 0 saturated carbocycles. The van der Waals surface area contributed by atoms with Gasteiger partial charge in [0.15, 0.2) is 5.78 Å². The molecule has 1 rings (SSSR count). The predicted octanol–water partition coefficient (Wildman–Crippen LogP) is 0.389. The summed E-state index contributed by atoms with van der Waals surface area (Å²) in [5.41, 5.74) is 0. The summed E-state index contributed by atoms with van der Waals surface area (Å²) in [6.45, 7) is 1.77. The number of carboxylic acid groups (broad SMARTS) is 1. The zero-order valence-corrected chi connectivity index (χ0v) is 9.77. The van der Waals surface area contributed by atoms with Gasteiger partial charge in [-0.3, -0.25) is 9.59 Å². The second-order valence-corrected chi connectivity index (χ2v) is 3.66. The number of carbonyl (C=O) groups is 2. The Hall–Kier alpha value is 0.594. The third kappa shape index (κ3) is 2.53. The number of thioether (sulfide) groups is 1. The first-order valence-corrected chi connectivity index (χ1v) is 4.05. The fraction of sp³-hybridized carbons (Fsp3) is 0.667. The molecule has 11 heavy (non-hydrogen) atoms. The predicted molar refractivity (Wildman–Crippen MR) is 38.1 cm³/mol. The molecule has 0 aromatic carbocycles. The maximum Gasteiger partial charge on any atom is 0.315 e. The van der Waals surface area contributed by atoms with E-state index in [0.717, 1.165) is 0 Å². The molecule has 2 unspecified atom stereocenters. The molecule has 3 nitrogen and oxygen atoms in total. The molecule has 1 aliphatic heterocycles. The van der Waals surface area contributed by atoms with Crippen molar-refractivity contribution in [2.24, 2.45) is 5.92 Å². The minimum atomic E-state index is -0.984. The van der Waals surface area contributed by atoms with Crippen molar-refractivity contribution in [3.8, 4) is 0 Å². The van der Waals surface area contributed by atoms with E-state index in [1.54, 1.807) is 6.92 Å². The van der Waals surface area contributed by atoms with E-state index in [-0.39, 0.29) is 43.7 Å². The first-order chi connectivity index (χ1) is 4.63. The first kappa shape index (κ1) is 11.6. The number of Topliss-reactive ketones (excluding diaryl/α,β-unsaturated/α-hetero) is 1. The summed E-state index contributed by atoms with van der Waals surface area (Å²) in [5, 5.41) is 8.47. The normalized spacial score (nSPS) is 29.7. The molecular weight excluding hydrogens is 241 g/mol. The van der Waals surface area contributed by atoms with E-state index in [2.05, 4.69) is 0 Å². The van der Waals surface area contributed by atoms with E-state index < -0.39 is 11.9 Å². The Morgan fingerprint density at radius 1 is 1.73 bits per heavy atom. The summed E-state index contributed by atoms with van der Waals surface area (Å²) < 4.78 is 0. The van der Waals surface area contributed by atoms with E-state index in [4.69, 9.17) is 5.11 Å². The number of hydrogen-bond donors (Lipinski definition) is 1. The Morgan fingerprint density at radius 3 is 2.45 bits per heavy atom. The number of carboxylic acids is 1. The Labute approximate surface area is 94.2 Å². The first-order valence-electron chi connectivity index (χ1n) is 3.00. The van der Waals surface area contributed by atoms with Crippen molar-refractivity contribution in [1.29, 1.82) is 0 Å². The van der Waals surface area contributed by atoms with Gasteiger partial charge in [-0.05, 0) is 0 Å². The van der Waals surface area contributed by atoms with Gasteiger partial charge in [0.05, 0.1) is 5.75 Å². The summed E-state index contributed by atoms with van der Waals surface area (Å²) in [6, 6.07) is 0. The van der Waals surface area contributed by atoms with Crippen LogP contribution in [0.4, 0.5) is 0 Å². The van der Waals surface area contributed by atoms with E-state index in [0.29, 0.717) is 5.75 Å². The molecule has 5 heteroatoms. The zero-order valence-electron chi connectivity index (χ0n) is 6.11. The number of aliphatic carboxylic acids is 1. The third-order valence-electron chi connectivity index (χ3n) is 1.57. The Kier molecular flexibility index (Phi) is 4.83. The van der Waals surface area contributed by atoms with Gasteiger partial charge < -0.3 is 5.11 Å². The monoisotopic (exact) mass is 249 g/mol. The van der Waals surface area contributed by atoms with Gasteiger partial charge >= 0.3 is 5.97 Å². The molecule has 1 heterocycles. The van der Waals surface area contributed by atoms with Crippen LogP contribution in [0.2, 0.25) is 0 Å². The molecular formula is C6H8O3SY. The molecule has 0 aliphatic carbocycles. The topological polar surface area (TPSA) is 54.4 Å². The zero-order chi connectivity index (χ0) is 7.72. The fourth-order valence-corrected chi connectivity index (χ4v) is 2.07. The van der Waals surface area contributed by atoms with E-state index in [1.165, 1.54) is 11.8 Å². The van der Waals surface area contributed by atoms with Crippen LogP contribution in [0, 0.1) is 5.92 Å². The van der Waals surface area contributed by atoms with Gasteiger partial charge in [0, 0.05) is 38.0 Å². The van der Waals surface area contributed by atoms with Crippen LogP contribution in [0.15, 0.2) is 0 Å². The van der Waals surface area contributed by atoms with Crippen LogP contribution in [-0.2, 0) is 42.3 Å². The second kappa shape index (κ2) is 4.58. The molecule has 1 aliphatic rings. The smallest absolute Gasteiger partial charge is 0.315 e. The van der Waals surface area contributed by atoms with Crippen molar-refractivity contribution in [3.63, 3.8) is 0 Å². The van der Waals surface area contributed by atoms with Gasteiger partial charge in [0.2, 0.25) is 0 Å². The second-order valence-electron chi connectivity index (χ2n) is 2.30. The molecule has 1 fully saturated rings. The molecule has 0 spiro atoms. The number of hydrogen-bond acceptors (Lipinski definition) is 3. The van der Waals surface area contributed by atoms with Crippen molar-refractivity contribution >= 4 is 23.5 Å². The average molecular weight is 249 g/mol. The van der Waals surface area contributed by atoms with Crippen LogP contribution in [0.3, 0.4) is 0 Å². The molecule has 0 bridgehead atoms. The van der Waals surface area contributed by atoms with Gasteiger partial charge in [-0.25, -0.2) is 0 Å². The van der Waals surface area contributed by atoms with E-state index >= 15 is 0 Å². The molecule has 1 N–H and O–H groups in total. The van der Waals surface area contributed by atoms with Gasteiger partial charge in [-0.1, -0.05) is 6.92 Å². The minimum Gasteiger partial charge on any atom is -0.481 e. The summed E-state index contributed by atoms with van der Waals surface area (Å²) in [5.74, 6) is -1.53. The van der Waals surface area contributed by atoms with Crippen molar-refractivity contribution in [2.75, 3.05) is 5.75 Å². The molecule has 0 amide bonds. The Balaban J connectivity index is 0.000001000. The molecule has 1 radical (unpaired) electrons. The minimum absolute atomic E-state index is 0. The molecule has 0 aromatic rings. The summed E-state index contributed by atoms with van der Waals surface area (Å²) in [7, 11) is 0.